The van der Waals surface area contributed by atoms with Crippen molar-refractivity contribution >= 4 is 32.3 Å². The Morgan fingerprint density at radius 1 is 1.03 bits per heavy atom. The third-order valence-electron chi connectivity index (χ3n) is 4.08. The molecule has 5 atom stereocenters. The standard InChI is InChI=1S/C15H28N2O12S2/c1-9(18)26-8-11-12(20)13(21)14(28-10(2)19)15(29-11)30(22,23)17-6-4-3-5-7-27-31(16,24)25/h11-15,17,20-21H,3-8H2,1-2H3,(H2,16,24,25)/t11-,12+,13+,14+,15-/m0/s1. The topological polar surface area (TPSA) is 218 Å². The summed E-state index contributed by atoms with van der Waals surface area (Å²) in [5.74, 6) is -1.62. The van der Waals surface area contributed by atoms with Gasteiger partial charge in [0, 0.05) is 20.4 Å². The Kier molecular flexibility index (Phi) is 10.7. The van der Waals surface area contributed by atoms with Gasteiger partial charge in [-0.25, -0.2) is 18.3 Å². The van der Waals surface area contributed by atoms with E-state index in [0.29, 0.717) is 19.3 Å². The summed E-state index contributed by atoms with van der Waals surface area (Å²) in [5.41, 5.74) is -1.89. The minimum Gasteiger partial charge on any atom is -0.463 e. The maximum absolute atomic E-state index is 12.7. The number of nitrogens with two attached hydrogens (primary N) is 1. The van der Waals surface area contributed by atoms with Crippen molar-refractivity contribution in [1.82, 2.24) is 4.72 Å². The lowest BCUT2D eigenvalue weighted by Crippen LogP contribution is -2.63. The van der Waals surface area contributed by atoms with E-state index in [1.165, 1.54) is 0 Å². The van der Waals surface area contributed by atoms with Gasteiger partial charge < -0.3 is 24.4 Å². The van der Waals surface area contributed by atoms with Crippen molar-refractivity contribution in [3.8, 4) is 0 Å². The van der Waals surface area contributed by atoms with E-state index < -0.39 is 68.7 Å². The number of esters is 2. The summed E-state index contributed by atoms with van der Waals surface area (Å²) < 4.78 is 68.1. The molecule has 1 aliphatic rings. The Morgan fingerprint density at radius 2 is 1.68 bits per heavy atom. The number of hydrogen-bond acceptors (Lipinski definition) is 12. The number of carbonyl (C=O) groups excluding carboxylic acids is 2. The zero-order valence-electron chi connectivity index (χ0n) is 17.0. The van der Waals surface area contributed by atoms with Crippen LogP contribution >= 0.6 is 0 Å². The number of rotatable bonds is 12. The Labute approximate surface area is 180 Å². The lowest BCUT2D eigenvalue weighted by molar-refractivity contribution is -0.222. The van der Waals surface area contributed by atoms with Crippen LogP contribution in [0.3, 0.4) is 0 Å². The van der Waals surface area contributed by atoms with Crippen LogP contribution in [-0.2, 0) is 48.3 Å². The Morgan fingerprint density at radius 3 is 2.23 bits per heavy atom. The van der Waals surface area contributed by atoms with Gasteiger partial charge in [-0.2, -0.15) is 8.42 Å². The Bertz CT molecular complexity index is 814. The van der Waals surface area contributed by atoms with Crippen LogP contribution in [0.1, 0.15) is 33.1 Å². The van der Waals surface area contributed by atoms with Crippen LogP contribution in [0.5, 0.6) is 0 Å². The summed E-state index contributed by atoms with van der Waals surface area (Å²) in [6.07, 6.45) is -5.65. The maximum atomic E-state index is 12.7. The zero-order valence-corrected chi connectivity index (χ0v) is 18.6. The molecule has 0 aliphatic carbocycles. The Hall–Kier alpha value is -1.40. The first kappa shape index (κ1) is 27.6. The van der Waals surface area contributed by atoms with Crippen LogP contribution in [0.2, 0.25) is 0 Å². The number of hydrogen-bond donors (Lipinski definition) is 4. The van der Waals surface area contributed by atoms with Crippen molar-refractivity contribution in [2.45, 2.75) is 63.0 Å². The van der Waals surface area contributed by atoms with Gasteiger partial charge in [0.1, 0.15) is 24.9 Å². The molecule has 0 unspecified atom stereocenters. The van der Waals surface area contributed by atoms with Crippen molar-refractivity contribution in [3.05, 3.63) is 0 Å². The fraction of sp³-hybridized carbons (Fsp3) is 0.867. The first-order valence-corrected chi connectivity index (χ1v) is 12.2. The van der Waals surface area contributed by atoms with Gasteiger partial charge in [0.2, 0.25) is 15.5 Å². The highest BCUT2D eigenvalue weighted by molar-refractivity contribution is 7.90. The molecule has 182 valence electrons. The monoisotopic (exact) mass is 492 g/mol. The highest BCUT2D eigenvalue weighted by Gasteiger charge is 2.52. The summed E-state index contributed by atoms with van der Waals surface area (Å²) >= 11 is 0. The number of unbranched alkanes of at least 4 members (excludes halogenated alkanes) is 2. The highest BCUT2D eigenvalue weighted by atomic mass is 32.2. The second-order valence-electron chi connectivity index (χ2n) is 6.72. The molecule has 0 spiro atoms. The lowest BCUT2D eigenvalue weighted by atomic mass is 10.00. The van der Waals surface area contributed by atoms with Crippen LogP contribution in [-0.4, -0.2) is 88.6 Å². The molecule has 0 radical (unpaired) electrons. The van der Waals surface area contributed by atoms with E-state index in [1.54, 1.807) is 0 Å². The number of aliphatic hydroxyl groups excluding tert-OH is 2. The lowest BCUT2D eigenvalue weighted by Gasteiger charge is -2.41. The van der Waals surface area contributed by atoms with Crippen molar-refractivity contribution < 1.29 is 55.0 Å². The molecule has 1 rings (SSSR count). The molecule has 0 aromatic rings. The van der Waals surface area contributed by atoms with Crippen molar-refractivity contribution in [2.24, 2.45) is 5.14 Å². The third-order valence-corrected chi connectivity index (χ3v) is 6.17. The van der Waals surface area contributed by atoms with E-state index in [9.17, 15) is 36.6 Å². The molecular weight excluding hydrogens is 464 g/mol. The van der Waals surface area contributed by atoms with Gasteiger partial charge in [0.05, 0.1) is 6.61 Å². The zero-order chi connectivity index (χ0) is 23.8. The van der Waals surface area contributed by atoms with Crippen LogP contribution < -0.4 is 9.86 Å². The molecule has 14 nitrogen and oxygen atoms in total. The average molecular weight is 493 g/mol. The predicted octanol–water partition coefficient (Wildman–Crippen LogP) is -2.76. The van der Waals surface area contributed by atoms with Crippen LogP contribution in [0.4, 0.5) is 0 Å². The summed E-state index contributed by atoms with van der Waals surface area (Å²) in [7, 11) is -8.37. The molecule has 0 bridgehead atoms. The number of sulfonamides is 1. The van der Waals surface area contributed by atoms with Gasteiger partial charge in [0.15, 0.2) is 6.10 Å². The molecule has 1 heterocycles. The number of nitrogens with one attached hydrogen (secondary N) is 1. The number of carbonyl (C=O) groups is 2. The molecule has 1 aliphatic heterocycles. The normalized spacial score (nSPS) is 26.9. The largest absolute Gasteiger partial charge is 0.463 e. The van der Waals surface area contributed by atoms with Gasteiger partial charge in [-0.15, -0.1) is 0 Å². The van der Waals surface area contributed by atoms with Gasteiger partial charge in [0.25, 0.3) is 0 Å². The molecule has 1 fully saturated rings. The molecule has 1 saturated heterocycles. The van der Waals surface area contributed by atoms with Crippen molar-refractivity contribution in [1.29, 1.82) is 0 Å². The summed E-state index contributed by atoms with van der Waals surface area (Å²) in [5, 5.41) is 25.1. The molecule has 0 aromatic heterocycles. The summed E-state index contributed by atoms with van der Waals surface area (Å²) in [6.45, 7) is 1.31. The van der Waals surface area contributed by atoms with Crippen LogP contribution in [0, 0.1) is 0 Å². The molecule has 31 heavy (non-hydrogen) atoms. The van der Waals surface area contributed by atoms with Gasteiger partial charge >= 0.3 is 22.2 Å². The van der Waals surface area contributed by atoms with E-state index in [1.807, 2.05) is 0 Å². The molecule has 0 aromatic carbocycles. The Balaban J connectivity index is 2.75. The van der Waals surface area contributed by atoms with E-state index in [-0.39, 0.29) is 13.2 Å². The highest BCUT2D eigenvalue weighted by Crippen LogP contribution is 2.27. The minimum atomic E-state index is -4.33. The van der Waals surface area contributed by atoms with Crippen molar-refractivity contribution in [3.63, 3.8) is 0 Å². The minimum absolute atomic E-state index is 0.0857. The first-order valence-electron chi connectivity index (χ1n) is 9.22. The second kappa shape index (κ2) is 12.0. The van der Waals surface area contributed by atoms with E-state index in [2.05, 4.69) is 14.0 Å². The molecule has 0 amide bonds. The van der Waals surface area contributed by atoms with Gasteiger partial charge in [-0.3, -0.25) is 13.8 Å². The fourth-order valence-corrected chi connectivity index (χ4v) is 4.49. The van der Waals surface area contributed by atoms with Crippen molar-refractivity contribution in [2.75, 3.05) is 19.8 Å². The van der Waals surface area contributed by atoms with Crippen LogP contribution in [0.25, 0.3) is 0 Å². The summed E-state index contributed by atoms with van der Waals surface area (Å²) in [6, 6.07) is 0. The molecular formula is C15H28N2O12S2. The quantitative estimate of drug-likeness (QED) is 0.161. The first-order chi connectivity index (χ1) is 14.2. The predicted molar refractivity (Wildman–Crippen MR) is 103 cm³/mol. The van der Waals surface area contributed by atoms with E-state index in [0.717, 1.165) is 13.8 Å². The fourth-order valence-electron chi connectivity index (χ4n) is 2.68. The molecule has 5 N–H and O–H groups in total. The van der Waals surface area contributed by atoms with Crippen LogP contribution in [0.15, 0.2) is 0 Å². The molecule has 0 saturated carbocycles. The number of ether oxygens (including phenoxy) is 3. The third kappa shape index (κ3) is 9.73. The second-order valence-corrected chi connectivity index (χ2v) is 9.78. The number of aliphatic hydroxyl groups is 2. The smallest absolute Gasteiger partial charge is 0.333 e. The van der Waals surface area contributed by atoms with Gasteiger partial charge in [-0.05, 0) is 19.3 Å². The van der Waals surface area contributed by atoms with Gasteiger partial charge in [-0.1, -0.05) is 0 Å². The average Bonchev–Trinajstić information content (AvgIpc) is 2.62. The van der Waals surface area contributed by atoms with E-state index >= 15 is 0 Å². The maximum Gasteiger partial charge on any atom is 0.333 e. The SMILES string of the molecule is CC(=O)OC[C@@H]1O[C@@H](S(=O)(=O)NCCCCCOS(N)(=O)=O)[C@H](OC(C)=O)[C@H](O)[C@@H]1O. The summed E-state index contributed by atoms with van der Waals surface area (Å²) in [4.78, 5) is 22.3. The van der Waals surface area contributed by atoms with E-state index in [4.69, 9.17) is 14.2 Å². The molecule has 16 heteroatoms.